The third-order valence-electron chi connectivity index (χ3n) is 3.22. The van der Waals surface area contributed by atoms with Gasteiger partial charge >= 0.3 is 6.09 Å². The fraction of sp³-hybridized carbons (Fsp3) is 0.529. The molecule has 1 unspecified atom stereocenters. The number of nitrogens with two attached hydrogens (primary N) is 2. The second-order valence-electron chi connectivity index (χ2n) is 6.78. The van der Waals surface area contributed by atoms with Crippen molar-refractivity contribution in [3.8, 4) is 0 Å². The lowest BCUT2D eigenvalue weighted by Gasteiger charge is -2.20. The summed E-state index contributed by atoms with van der Waals surface area (Å²) in [6.45, 7) is 8.04. The molecule has 1 aromatic carbocycles. The summed E-state index contributed by atoms with van der Waals surface area (Å²) >= 11 is 0. The first-order chi connectivity index (χ1) is 11.1. The molecule has 6 N–H and O–H groups in total. The number of alkyl carbamates (subject to hydrolysis) is 1. The number of amides is 2. The van der Waals surface area contributed by atoms with Crippen molar-refractivity contribution in [2.45, 2.75) is 52.2 Å². The summed E-state index contributed by atoms with van der Waals surface area (Å²) in [5, 5.41) is 6.01. The molecule has 0 heterocycles. The number of anilines is 2. The highest BCUT2D eigenvalue weighted by molar-refractivity contribution is 5.94. The van der Waals surface area contributed by atoms with Gasteiger partial charge in [-0.15, -0.1) is 0 Å². The predicted octanol–water partition coefficient (Wildman–Crippen LogP) is 2.47. The third-order valence-corrected chi connectivity index (χ3v) is 3.22. The van der Waals surface area contributed by atoms with Crippen molar-refractivity contribution in [3.63, 3.8) is 0 Å². The Morgan fingerprint density at radius 1 is 1.29 bits per heavy atom. The first-order valence-electron chi connectivity index (χ1n) is 8.01. The number of nitrogen functional groups attached to an aromatic ring is 1. The van der Waals surface area contributed by atoms with Crippen LogP contribution >= 0.6 is 0 Å². The van der Waals surface area contributed by atoms with Gasteiger partial charge < -0.3 is 26.8 Å². The molecular formula is C17H28N4O3. The van der Waals surface area contributed by atoms with Crippen LogP contribution in [0.25, 0.3) is 0 Å². The summed E-state index contributed by atoms with van der Waals surface area (Å²) in [6.07, 6.45) is 1.23. The Kier molecular flexibility index (Phi) is 6.88. The van der Waals surface area contributed by atoms with E-state index in [4.69, 9.17) is 16.2 Å². The molecule has 134 valence electrons. The number of carbonyl (C=O) groups excluding carboxylic acids is 2. The van der Waals surface area contributed by atoms with Crippen molar-refractivity contribution in [2.75, 3.05) is 17.6 Å². The van der Waals surface area contributed by atoms with Crippen molar-refractivity contribution in [1.29, 1.82) is 0 Å². The van der Waals surface area contributed by atoms with Gasteiger partial charge in [0.05, 0.1) is 11.4 Å². The molecule has 2 amide bonds. The molecule has 0 aliphatic heterocycles. The number of hydrogen-bond donors (Lipinski definition) is 4. The molecule has 24 heavy (non-hydrogen) atoms. The van der Waals surface area contributed by atoms with E-state index in [0.717, 1.165) is 18.5 Å². The Morgan fingerprint density at radius 3 is 2.50 bits per heavy atom. The zero-order chi connectivity index (χ0) is 18.3. The molecule has 7 heteroatoms. The molecule has 1 rings (SSSR count). The van der Waals surface area contributed by atoms with E-state index in [1.807, 2.05) is 27.7 Å². The molecular weight excluding hydrogens is 308 g/mol. The highest BCUT2D eigenvalue weighted by Gasteiger charge is 2.15. The van der Waals surface area contributed by atoms with Gasteiger partial charge in [-0.25, -0.2) is 4.79 Å². The molecule has 7 nitrogen and oxygen atoms in total. The van der Waals surface area contributed by atoms with E-state index >= 15 is 0 Å². The Morgan fingerprint density at radius 2 is 1.96 bits per heavy atom. The number of benzene rings is 1. The number of primary amides is 1. The molecule has 0 aliphatic carbocycles. The normalized spacial score (nSPS) is 12.3. The number of ether oxygens (including phenoxy) is 1. The van der Waals surface area contributed by atoms with Crippen molar-refractivity contribution in [2.24, 2.45) is 5.73 Å². The minimum Gasteiger partial charge on any atom is -0.444 e. The van der Waals surface area contributed by atoms with Crippen LogP contribution in [0.3, 0.4) is 0 Å². The Hall–Kier alpha value is -2.44. The van der Waals surface area contributed by atoms with Crippen LogP contribution in [-0.2, 0) is 4.74 Å². The molecule has 0 saturated heterocycles. The highest BCUT2D eigenvalue weighted by atomic mass is 16.6. The van der Waals surface area contributed by atoms with Gasteiger partial charge in [0.15, 0.2) is 0 Å². The van der Waals surface area contributed by atoms with Gasteiger partial charge in [0.25, 0.3) is 0 Å². The predicted molar refractivity (Wildman–Crippen MR) is 95.9 cm³/mol. The van der Waals surface area contributed by atoms with Crippen LogP contribution in [-0.4, -0.2) is 30.2 Å². The van der Waals surface area contributed by atoms with Gasteiger partial charge in [-0.3, -0.25) is 4.79 Å². The van der Waals surface area contributed by atoms with Gasteiger partial charge in [-0.1, -0.05) is 0 Å². The van der Waals surface area contributed by atoms with Crippen LogP contribution in [0.2, 0.25) is 0 Å². The monoisotopic (exact) mass is 336 g/mol. The average molecular weight is 336 g/mol. The number of nitrogens with one attached hydrogen (secondary N) is 2. The standard InChI is InChI=1S/C17H28N4O3/c1-11(6-5-9-20-16(23)24-17(2,3)4)21-14-8-7-12(15(19)22)10-13(14)18/h7-8,10-11,21H,5-6,9,18H2,1-4H3,(H2,19,22)(H,20,23). The highest BCUT2D eigenvalue weighted by Crippen LogP contribution is 2.21. The van der Waals surface area contributed by atoms with Crippen LogP contribution in [0.4, 0.5) is 16.2 Å². The molecule has 1 atom stereocenters. The topological polar surface area (TPSA) is 119 Å². The van der Waals surface area contributed by atoms with Gasteiger partial charge in [0.1, 0.15) is 5.60 Å². The zero-order valence-corrected chi connectivity index (χ0v) is 14.8. The second kappa shape index (κ2) is 8.42. The lowest BCUT2D eigenvalue weighted by Crippen LogP contribution is -2.33. The minimum atomic E-state index is -0.505. The lowest BCUT2D eigenvalue weighted by molar-refractivity contribution is 0.0526. The first kappa shape index (κ1) is 19.6. The summed E-state index contributed by atoms with van der Waals surface area (Å²) in [7, 11) is 0. The first-order valence-corrected chi connectivity index (χ1v) is 8.01. The van der Waals surface area contributed by atoms with Crippen molar-refractivity contribution in [3.05, 3.63) is 23.8 Å². The van der Waals surface area contributed by atoms with Gasteiger partial charge in [0, 0.05) is 18.2 Å². The van der Waals surface area contributed by atoms with Crippen LogP contribution in [0.5, 0.6) is 0 Å². The largest absolute Gasteiger partial charge is 0.444 e. The summed E-state index contributed by atoms with van der Waals surface area (Å²) in [6, 6.07) is 5.09. The van der Waals surface area contributed by atoms with Gasteiger partial charge in [0.2, 0.25) is 5.91 Å². The average Bonchev–Trinajstić information content (AvgIpc) is 2.43. The zero-order valence-electron chi connectivity index (χ0n) is 14.8. The van der Waals surface area contributed by atoms with E-state index in [9.17, 15) is 9.59 Å². The quantitative estimate of drug-likeness (QED) is 0.450. The molecule has 0 saturated carbocycles. The molecule has 1 aromatic rings. The van der Waals surface area contributed by atoms with E-state index in [1.165, 1.54) is 0 Å². The molecule has 0 aromatic heterocycles. The van der Waals surface area contributed by atoms with Gasteiger partial charge in [-0.05, 0) is 58.7 Å². The lowest BCUT2D eigenvalue weighted by atomic mass is 10.1. The van der Waals surface area contributed by atoms with Crippen LogP contribution in [0.15, 0.2) is 18.2 Å². The van der Waals surface area contributed by atoms with E-state index in [-0.39, 0.29) is 6.04 Å². The summed E-state index contributed by atoms with van der Waals surface area (Å²) in [4.78, 5) is 22.6. The summed E-state index contributed by atoms with van der Waals surface area (Å²) < 4.78 is 5.17. The molecule has 0 bridgehead atoms. The Labute approximate surface area is 143 Å². The molecule has 0 aliphatic rings. The van der Waals surface area contributed by atoms with E-state index in [1.54, 1.807) is 18.2 Å². The molecule has 0 spiro atoms. The van der Waals surface area contributed by atoms with Crippen molar-refractivity contribution in [1.82, 2.24) is 5.32 Å². The SMILES string of the molecule is CC(CCCNC(=O)OC(C)(C)C)Nc1ccc(C(N)=O)cc1N. The van der Waals surface area contributed by atoms with Crippen LogP contribution in [0, 0.1) is 0 Å². The maximum absolute atomic E-state index is 11.5. The fourth-order valence-electron chi connectivity index (χ4n) is 2.10. The molecule has 0 radical (unpaired) electrons. The summed E-state index contributed by atoms with van der Waals surface area (Å²) in [5.74, 6) is -0.505. The smallest absolute Gasteiger partial charge is 0.407 e. The van der Waals surface area contributed by atoms with Crippen molar-refractivity contribution >= 4 is 23.4 Å². The number of rotatable bonds is 7. The minimum absolute atomic E-state index is 0.159. The van der Waals surface area contributed by atoms with E-state index in [0.29, 0.717) is 17.8 Å². The molecule has 0 fully saturated rings. The van der Waals surface area contributed by atoms with Gasteiger partial charge in [-0.2, -0.15) is 0 Å². The van der Waals surface area contributed by atoms with E-state index < -0.39 is 17.6 Å². The second-order valence-corrected chi connectivity index (χ2v) is 6.78. The maximum atomic E-state index is 11.5. The summed E-state index contributed by atoms with van der Waals surface area (Å²) in [5.41, 5.74) is 12.3. The van der Waals surface area contributed by atoms with Crippen LogP contribution in [0.1, 0.15) is 50.9 Å². The van der Waals surface area contributed by atoms with E-state index in [2.05, 4.69) is 10.6 Å². The number of carbonyl (C=O) groups is 2. The number of hydrogen-bond acceptors (Lipinski definition) is 5. The van der Waals surface area contributed by atoms with Crippen LogP contribution < -0.4 is 22.1 Å². The van der Waals surface area contributed by atoms with Crippen molar-refractivity contribution < 1.29 is 14.3 Å². The Bertz CT molecular complexity index is 582. The fourth-order valence-corrected chi connectivity index (χ4v) is 2.10. The third kappa shape index (κ3) is 7.21. The maximum Gasteiger partial charge on any atom is 0.407 e. The Balaban J connectivity index is 2.35.